The van der Waals surface area contributed by atoms with Crippen molar-refractivity contribution in [2.75, 3.05) is 31.2 Å². The fraction of sp³-hybridized carbons (Fsp3) is 0.536. The third-order valence-electron chi connectivity index (χ3n) is 5.95. The fourth-order valence-electron chi connectivity index (χ4n) is 4.43. The summed E-state index contributed by atoms with van der Waals surface area (Å²) in [5, 5.41) is 12.5. The molecule has 2 N–H and O–H groups in total. The Morgan fingerprint density at radius 2 is 1.69 bits per heavy atom. The molecule has 2 aromatic carbocycles. The van der Waals surface area contributed by atoms with Crippen molar-refractivity contribution in [2.45, 2.75) is 71.8 Å². The molecule has 1 aromatic heterocycles. The van der Waals surface area contributed by atoms with Gasteiger partial charge in [0.15, 0.2) is 5.58 Å². The van der Waals surface area contributed by atoms with Crippen molar-refractivity contribution >= 4 is 17.1 Å². The van der Waals surface area contributed by atoms with E-state index in [4.69, 9.17) is 28.7 Å². The van der Waals surface area contributed by atoms with Crippen molar-refractivity contribution in [3.05, 3.63) is 42.0 Å². The molecule has 0 radical (unpaired) electrons. The van der Waals surface area contributed by atoms with Gasteiger partial charge in [-0.15, -0.1) is 0 Å². The molecule has 2 heterocycles. The van der Waals surface area contributed by atoms with Gasteiger partial charge in [0, 0.05) is 37.7 Å². The molecule has 0 saturated carbocycles. The van der Waals surface area contributed by atoms with E-state index < -0.39 is 0 Å². The summed E-state index contributed by atoms with van der Waals surface area (Å²) in [7, 11) is 0. The van der Waals surface area contributed by atoms with E-state index in [9.17, 15) is 0 Å². The minimum absolute atomic E-state index is 0.0681. The Bertz CT molecular complexity index is 1080. The van der Waals surface area contributed by atoms with E-state index in [1.807, 2.05) is 52.0 Å². The van der Waals surface area contributed by atoms with Crippen LogP contribution in [-0.4, -0.2) is 54.6 Å². The molecule has 0 spiro atoms. The summed E-state index contributed by atoms with van der Waals surface area (Å²) in [5.74, 6) is 2.31. The van der Waals surface area contributed by atoms with E-state index in [0.29, 0.717) is 31.6 Å². The van der Waals surface area contributed by atoms with E-state index in [-0.39, 0.29) is 18.8 Å². The van der Waals surface area contributed by atoms with Gasteiger partial charge in [-0.25, -0.2) is 0 Å². The molecule has 0 unspecified atom stereocenters. The molecule has 1 fully saturated rings. The maximum absolute atomic E-state index is 9.01. The number of nitrogens with one attached hydrogen (secondary N) is 1. The Kier molecular flexibility index (Phi) is 8.93. The van der Waals surface area contributed by atoms with Crippen LogP contribution in [0.15, 0.2) is 40.8 Å². The lowest BCUT2D eigenvalue weighted by atomic mass is 10.0. The topological polar surface area (TPSA) is 89.2 Å². The number of nitrogens with zero attached hydrogens (tertiary/aromatic N) is 2. The third kappa shape index (κ3) is 7.04. The maximum atomic E-state index is 9.01. The maximum Gasteiger partial charge on any atom is 0.298 e. The van der Waals surface area contributed by atoms with E-state index >= 15 is 0 Å². The average molecular weight is 498 g/mol. The van der Waals surface area contributed by atoms with Crippen LogP contribution in [0.25, 0.3) is 11.1 Å². The second-order valence-electron chi connectivity index (χ2n) is 9.81. The van der Waals surface area contributed by atoms with Crippen LogP contribution in [-0.2, 0) is 6.54 Å². The van der Waals surface area contributed by atoms with Crippen molar-refractivity contribution in [1.29, 1.82) is 0 Å². The minimum Gasteiger partial charge on any atom is -0.493 e. The molecule has 0 amide bonds. The lowest BCUT2D eigenvalue weighted by Gasteiger charge is -2.33. The quantitative estimate of drug-likeness (QED) is 0.341. The number of aliphatic hydroxyl groups is 1. The van der Waals surface area contributed by atoms with Crippen LogP contribution in [0, 0.1) is 0 Å². The Morgan fingerprint density at radius 3 is 2.33 bits per heavy atom. The molecule has 196 valence electrons. The summed E-state index contributed by atoms with van der Waals surface area (Å²) in [6.07, 6.45) is 2.74. The molecule has 1 saturated heterocycles. The number of fused-ring (bicyclic) bond motifs is 1. The van der Waals surface area contributed by atoms with Gasteiger partial charge in [0.1, 0.15) is 22.8 Å². The normalized spacial score (nSPS) is 14.5. The first-order valence-electron chi connectivity index (χ1n) is 13.0. The molecule has 8 nitrogen and oxygen atoms in total. The molecule has 3 aromatic rings. The van der Waals surface area contributed by atoms with Crippen LogP contribution in [0.4, 0.5) is 6.01 Å². The number of aliphatic hydroxyl groups excluding tert-OH is 1. The molecule has 36 heavy (non-hydrogen) atoms. The van der Waals surface area contributed by atoms with Crippen molar-refractivity contribution in [3.8, 4) is 17.2 Å². The molecule has 1 aliphatic rings. The number of benzene rings is 2. The second kappa shape index (κ2) is 12.3. The molecule has 1 aliphatic heterocycles. The van der Waals surface area contributed by atoms with Gasteiger partial charge in [0.25, 0.3) is 6.01 Å². The van der Waals surface area contributed by atoms with E-state index in [0.717, 1.165) is 59.8 Å². The predicted molar refractivity (Wildman–Crippen MR) is 141 cm³/mol. The standard InChI is InChI=1S/C28H39N3O5/c1-19(2)34-24-14-21(15-25(16-24)35-20(3)4)18-31(22-8-10-29-11-9-22)28-30-26-17-23(33-13-5-12-32)6-7-27(26)36-28/h6-7,14-17,19-20,22,29,32H,5,8-13,18H2,1-4H3. The summed E-state index contributed by atoms with van der Waals surface area (Å²) in [6.45, 7) is 11.2. The summed E-state index contributed by atoms with van der Waals surface area (Å²) < 4.78 is 24.1. The Hall–Kier alpha value is -2.97. The number of rotatable bonds is 12. The second-order valence-corrected chi connectivity index (χ2v) is 9.81. The highest BCUT2D eigenvalue weighted by Crippen LogP contribution is 2.32. The molecule has 4 rings (SSSR count). The van der Waals surface area contributed by atoms with Crippen LogP contribution in [0.2, 0.25) is 0 Å². The van der Waals surface area contributed by atoms with Crippen LogP contribution in [0.1, 0.15) is 52.5 Å². The first-order chi connectivity index (χ1) is 17.4. The number of oxazole rings is 1. The fourth-order valence-corrected chi connectivity index (χ4v) is 4.43. The first kappa shape index (κ1) is 26.1. The van der Waals surface area contributed by atoms with E-state index in [1.54, 1.807) is 0 Å². The molecule has 0 atom stereocenters. The van der Waals surface area contributed by atoms with Gasteiger partial charge >= 0.3 is 0 Å². The number of piperidine rings is 1. The van der Waals surface area contributed by atoms with Gasteiger partial charge in [0.05, 0.1) is 18.8 Å². The van der Waals surface area contributed by atoms with E-state index in [2.05, 4.69) is 22.3 Å². The highest BCUT2D eigenvalue weighted by atomic mass is 16.5. The zero-order chi connectivity index (χ0) is 25.5. The van der Waals surface area contributed by atoms with Gasteiger partial charge in [-0.2, -0.15) is 4.98 Å². The molecular formula is C28H39N3O5. The van der Waals surface area contributed by atoms with Gasteiger partial charge in [-0.1, -0.05) is 0 Å². The highest BCUT2D eigenvalue weighted by Gasteiger charge is 2.26. The zero-order valence-electron chi connectivity index (χ0n) is 21.8. The number of hydrogen-bond acceptors (Lipinski definition) is 8. The predicted octanol–water partition coefficient (Wildman–Crippen LogP) is 4.92. The monoisotopic (exact) mass is 497 g/mol. The zero-order valence-corrected chi connectivity index (χ0v) is 21.8. The van der Waals surface area contributed by atoms with Gasteiger partial charge in [0.2, 0.25) is 0 Å². The highest BCUT2D eigenvalue weighted by molar-refractivity contribution is 5.76. The van der Waals surface area contributed by atoms with Crippen LogP contribution in [0.5, 0.6) is 17.2 Å². The first-order valence-corrected chi connectivity index (χ1v) is 13.0. The third-order valence-corrected chi connectivity index (χ3v) is 5.95. The molecular weight excluding hydrogens is 458 g/mol. The molecule has 0 bridgehead atoms. The van der Waals surface area contributed by atoms with Crippen LogP contribution >= 0.6 is 0 Å². The van der Waals surface area contributed by atoms with Crippen molar-refractivity contribution in [1.82, 2.24) is 10.3 Å². The van der Waals surface area contributed by atoms with Crippen molar-refractivity contribution in [3.63, 3.8) is 0 Å². The Labute approximate surface area is 213 Å². The lowest BCUT2D eigenvalue weighted by molar-refractivity contribution is 0.228. The van der Waals surface area contributed by atoms with Crippen LogP contribution < -0.4 is 24.4 Å². The van der Waals surface area contributed by atoms with E-state index in [1.165, 1.54) is 0 Å². The minimum atomic E-state index is 0.0681. The Balaban J connectivity index is 1.64. The number of hydrogen-bond donors (Lipinski definition) is 2. The Morgan fingerprint density at radius 1 is 1.00 bits per heavy atom. The van der Waals surface area contributed by atoms with Crippen molar-refractivity contribution in [2.24, 2.45) is 0 Å². The largest absolute Gasteiger partial charge is 0.493 e. The lowest BCUT2D eigenvalue weighted by Crippen LogP contribution is -2.43. The summed E-state index contributed by atoms with van der Waals surface area (Å²) in [6, 6.07) is 12.7. The summed E-state index contributed by atoms with van der Waals surface area (Å²) in [5.41, 5.74) is 2.56. The average Bonchev–Trinajstić information content (AvgIpc) is 3.25. The SMILES string of the molecule is CC(C)Oc1cc(CN(c2nc3cc(OCCCO)ccc3o2)C2CCNCC2)cc(OC(C)C)c1. The van der Waals surface area contributed by atoms with Gasteiger partial charge in [-0.3, -0.25) is 0 Å². The van der Waals surface area contributed by atoms with Gasteiger partial charge in [-0.05, 0) is 83.5 Å². The number of anilines is 1. The van der Waals surface area contributed by atoms with Crippen LogP contribution in [0.3, 0.4) is 0 Å². The molecule has 8 heteroatoms. The summed E-state index contributed by atoms with van der Waals surface area (Å²) in [4.78, 5) is 7.13. The van der Waals surface area contributed by atoms with Crippen molar-refractivity contribution < 1.29 is 23.7 Å². The molecule has 0 aliphatic carbocycles. The number of aromatic nitrogens is 1. The smallest absolute Gasteiger partial charge is 0.298 e. The summed E-state index contributed by atoms with van der Waals surface area (Å²) >= 11 is 0. The van der Waals surface area contributed by atoms with Gasteiger partial charge < -0.3 is 34.0 Å². The number of ether oxygens (including phenoxy) is 3.